The highest BCUT2D eigenvalue weighted by Crippen LogP contribution is 2.45. The van der Waals surface area contributed by atoms with Crippen molar-refractivity contribution in [3.63, 3.8) is 0 Å². The molecule has 0 spiro atoms. The van der Waals surface area contributed by atoms with E-state index < -0.39 is 5.91 Å². The molecule has 0 unspecified atom stereocenters. The standard InChI is InChI=1S/C27H29Cl2N7O3/c1-38-19-13-20(39-2)24(29)22(23(19)28)18-7-6-17(25(30)33-18)26(31)34-27(37)15-3-8-21(32-14-15)36-11-9-35(10-12-36)16-4-5-16/h3,6-8,13-14,16H,4-5,9-12H2,1-2H3,(H2,30,33)(H2,31,34,37). The number of amides is 1. The summed E-state index contributed by atoms with van der Waals surface area (Å²) in [6, 6.07) is 9.07. The van der Waals surface area contributed by atoms with Crippen molar-refractivity contribution in [3.05, 3.63) is 57.7 Å². The van der Waals surface area contributed by atoms with Gasteiger partial charge in [-0.15, -0.1) is 0 Å². The minimum Gasteiger partial charge on any atom is -0.495 e. The fourth-order valence-electron chi connectivity index (χ4n) is 4.65. The fraction of sp³-hybridized carbons (Fsp3) is 0.333. The molecule has 1 aliphatic carbocycles. The molecule has 1 saturated carbocycles. The van der Waals surface area contributed by atoms with E-state index in [-0.39, 0.29) is 27.3 Å². The summed E-state index contributed by atoms with van der Waals surface area (Å²) < 4.78 is 10.6. The zero-order valence-corrected chi connectivity index (χ0v) is 23.1. The van der Waals surface area contributed by atoms with Crippen LogP contribution in [0, 0.1) is 5.41 Å². The number of nitrogens with two attached hydrogens (primary N) is 1. The van der Waals surface area contributed by atoms with Crippen LogP contribution in [0.15, 0.2) is 36.5 Å². The lowest BCUT2D eigenvalue weighted by atomic mass is 10.1. The number of halogens is 2. The van der Waals surface area contributed by atoms with Crippen LogP contribution in [-0.2, 0) is 0 Å². The fourth-order valence-corrected chi connectivity index (χ4v) is 5.35. The van der Waals surface area contributed by atoms with E-state index in [4.69, 9.17) is 43.8 Å². The number of aromatic nitrogens is 2. The van der Waals surface area contributed by atoms with Gasteiger partial charge < -0.3 is 25.4 Å². The number of ether oxygens (including phenoxy) is 2. The summed E-state index contributed by atoms with van der Waals surface area (Å²) >= 11 is 13.0. The van der Waals surface area contributed by atoms with Gasteiger partial charge in [0.15, 0.2) is 0 Å². The van der Waals surface area contributed by atoms with Crippen LogP contribution in [0.1, 0.15) is 28.8 Å². The molecule has 1 amide bonds. The quantitative estimate of drug-likeness (QED) is 0.286. The van der Waals surface area contributed by atoms with Crippen LogP contribution in [0.5, 0.6) is 11.5 Å². The Morgan fingerprint density at radius 1 is 1.05 bits per heavy atom. The Hall–Kier alpha value is -3.60. The van der Waals surface area contributed by atoms with Gasteiger partial charge >= 0.3 is 0 Å². The molecule has 10 nitrogen and oxygen atoms in total. The van der Waals surface area contributed by atoms with Gasteiger partial charge in [-0.2, -0.15) is 0 Å². The third-order valence-corrected chi connectivity index (χ3v) is 7.72. The molecule has 0 radical (unpaired) electrons. The number of nitrogens with one attached hydrogen (secondary N) is 2. The summed E-state index contributed by atoms with van der Waals surface area (Å²) in [7, 11) is 2.96. The molecule has 5 rings (SSSR count). The van der Waals surface area contributed by atoms with Crippen LogP contribution >= 0.6 is 23.2 Å². The van der Waals surface area contributed by atoms with Crippen molar-refractivity contribution in [1.82, 2.24) is 20.2 Å². The predicted molar refractivity (Wildman–Crippen MR) is 153 cm³/mol. The molecule has 204 valence electrons. The second-order valence-corrected chi connectivity index (χ2v) is 10.2. The highest BCUT2D eigenvalue weighted by Gasteiger charge is 2.31. The van der Waals surface area contributed by atoms with Gasteiger partial charge in [0, 0.05) is 50.0 Å². The molecule has 3 aromatic rings. The van der Waals surface area contributed by atoms with Crippen LogP contribution in [0.4, 0.5) is 11.6 Å². The van der Waals surface area contributed by atoms with Gasteiger partial charge in [-0.3, -0.25) is 15.1 Å². The second kappa shape index (κ2) is 11.3. The maximum Gasteiger partial charge on any atom is 0.258 e. The minimum absolute atomic E-state index is 0.0190. The molecule has 2 fully saturated rings. The van der Waals surface area contributed by atoms with Crippen molar-refractivity contribution in [2.45, 2.75) is 18.9 Å². The lowest BCUT2D eigenvalue weighted by Gasteiger charge is -2.35. The summed E-state index contributed by atoms with van der Waals surface area (Å²) in [6.45, 7) is 3.90. The smallest absolute Gasteiger partial charge is 0.258 e. The number of rotatable bonds is 7. The molecular formula is C27H29Cl2N7O3. The number of benzene rings is 1. The van der Waals surface area contributed by atoms with Gasteiger partial charge in [0.05, 0.1) is 41.1 Å². The number of carbonyl (C=O) groups excluding carboxylic acids is 1. The molecule has 0 bridgehead atoms. The molecule has 3 heterocycles. The third-order valence-electron chi connectivity index (χ3n) is 6.97. The highest BCUT2D eigenvalue weighted by molar-refractivity contribution is 6.41. The number of anilines is 2. The zero-order chi connectivity index (χ0) is 27.7. The Morgan fingerprint density at radius 3 is 2.26 bits per heavy atom. The van der Waals surface area contributed by atoms with Crippen molar-refractivity contribution in [2.75, 3.05) is 51.0 Å². The van der Waals surface area contributed by atoms with Crippen LogP contribution < -0.4 is 25.4 Å². The summed E-state index contributed by atoms with van der Waals surface area (Å²) in [5.41, 5.74) is 7.50. The van der Waals surface area contributed by atoms with Crippen molar-refractivity contribution in [2.24, 2.45) is 0 Å². The molecule has 4 N–H and O–H groups in total. The van der Waals surface area contributed by atoms with Crippen LogP contribution in [0.2, 0.25) is 10.0 Å². The van der Waals surface area contributed by atoms with E-state index in [1.54, 1.807) is 24.3 Å². The topological polar surface area (TPSA) is 130 Å². The van der Waals surface area contributed by atoms with Gasteiger partial charge in [0.2, 0.25) is 0 Å². The maximum absolute atomic E-state index is 12.8. The van der Waals surface area contributed by atoms with Crippen molar-refractivity contribution < 1.29 is 14.3 Å². The SMILES string of the molecule is COc1cc(OC)c(Cl)c(-c2ccc(C(=N)NC(=O)c3ccc(N4CCN(C5CC5)CC4)nc3)c(N)n2)c1Cl. The number of pyridine rings is 2. The summed E-state index contributed by atoms with van der Waals surface area (Å²) in [4.78, 5) is 26.5. The Kier molecular flexibility index (Phi) is 7.79. The molecule has 1 aliphatic heterocycles. The van der Waals surface area contributed by atoms with E-state index in [2.05, 4.69) is 25.1 Å². The van der Waals surface area contributed by atoms with E-state index in [1.165, 1.54) is 33.3 Å². The highest BCUT2D eigenvalue weighted by atomic mass is 35.5. The number of hydrogen-bond acceptors (Lipinski definition) is 9. The molecule has 1 aromatic carbocycles. The van der Waals surface area contributed by atoms with Gasteiger partial charge in [0.1, 0.15) is 29.0 Å². The molecule has 39 heavy (non-hydrogen) atoms. The predicted octanol–water partition coefficient (Wildman–Crippen LogP) is 4.09. The number of hydrogen-bond donors (Lipinski definition) is 3. The Balaban J connectivity index is 1.27. The molecule has 12 heteroatoms. The monoisotopic (exact) mass is 569 g/mol. The van der Waals surface area contributed by atoms with Crippen molar-refractivity contribution in [3.8, 4) is 22.8 Å². The first-order chi connectivity index (χ1) is 18.8. The average Bonchev–Trinajstić information content (AvgIpc) is 3.79. The van der Waals surface area contributed by atoms with Gasteiger partial charge in [-0.05, 0) is 37.1 Å². The normalized spacial score (nSPS) is 15.6. The summed E-state index contributed by atoms with van der Waals surface area (Å²) in [5.74, 6) is 0.912. The second-order valence-electron chi connectivity index (χ2n) is 9.40. The lowest BCUT2D eigenvalue weighted by molar-refractivity contribution is 0.0976. The third kappa shape index (κ3) is 5.59. The van der Waals surface area contributed by atoms with E-state index in [0.717, 1.165) is 38.0 Å². The number of amidine groups is 1. The summed E-state index contributed by atoms with van der Waals surface area (Å²) in [5, 5.41) is 11.5. The van der Waals surface area contributed by atoms with E-state index in [9.17, 15) is 4.79 Å². The number of carbonyl (C=O) groups is 1. The van der Waals surface area contributed by atoms with Crippen LogP contribution in [0.3, 0.4) is 0 Å². The molecule has 2 aliphatic rings. The van der Waals surface area contributed by atoms with Gasteiger partial charge in [-0.25, -0.2) is 9.97 Å². The Morgan fingerprint density at radius 2 is 1.72 bits per heavy atom. The average molecular weight is 570 g/mol. The minimum atomic E-state index is -0.468. The number of methoxy groups -OCH3 is 2. The first-order valence-electron chi connectivity index (χ1n) is 12.5. The van der Waals surface area contributed by atoms with Crippen molar-refractivity contribution >= 4 is 46.6 Å². The zero-order valence-electron chi connectivity index (χ0n) is 21.6. The Bertz CT molecular complexity index is 1380. The molecule has 2 aromatic heterocycles. The van der Waals surface area contributed by atoms with E-state index in [0.29, 0.717) is 28.3 Å². The van der Waals surface area contributed by atoms with Crippen molar-refractivity contribution in [1.29, 1.82) is 5.41 Å². The first-order valence-corrected chi connectivity index (χ1v) is 13.3. The number of piperazine rings is 1. The van der Waals surface area contributed by atoms with Gasteiger partial charge in [0.25, 0.3) is 5.91 Å². The lowest BCUT2D eigenvalue weighted by Crippen LogP contribution is -2.47. The number of nitrogen functional groups attached to an aromatic ring is 1. The van der Waals surface area contributed by atoms with Crippen LogP contribution in [0.25, 0.3) is 11.3 Å². The molecule has 0 atom stereocenters. The van der Waals surface area contributed by atoms with E-state index >= 15 is 0 Å². The molecular weight excluding hydrogens is 541 g/mol. The largest absolute Gasteiger partial charge is 0.495 e. The molecule has 1 saturated heterocycles. The van der Waals surface area contributed by atoms with Gasteiger partial charge in [-0.1, -0.05) is 23.2 Å². The van der Waals surface area contributed by atoms with Crippen LogP contribution in [-0.4, -0.2) is 73.1 Å². The maximum atomic E-state index is 12.8. The number of nitrogens with zero attached hydrogens (tertiary/aromatic N) is 4. The Labute approximate surface area is 236 Å². The summed E-state index contributed by atoms with van der Waals surface area (Å²) in [6.07, 6.45) is 4.14. The van der Waals surface area contributed by atoms with E-state index in [1.807, 2.05) is 6.07 Å². The first kappa shape index (κ1) is 27.0.